The van der Waals surface area contributed by atoms with Gasteiger partial charge in [0.15, 0.2) is 0 Å². The van der Waals surface area contributed by atoms with Crippen molar-refractivity contribution in [3.63, 3.8) is 0 Å². The number of carbonyl (C=O) groups excluding carboxylic acids is 1. The number of rotatable bonds is 3. The first-order valence-electron chi connectivity index (χ1n) is 7.93. The van der Waals surface area contributed by atoms with Gasteiger partial charge in [-0.05, 0) is 23.9 Å². The van der Waals surface area contributed by atoms with Gasteiger partial charge in [-0.1, -0.05) is 25.1 Å². The fraction of sp³-hybridized carbons (Fsp3) is 0.471. The first-order chi connectivity index (χ1) is 10.7. The predicted molar refractivity (Wildman–Crippen MR) is 93.5 cm³/mol. The zero-order valence-corrected chi connectivity index (χ0v) is 13.8. The van der Waals surface area contributed by atoms with Crippen LogP contribution in [0.25, 0.3) is 10.9 Å². The number of thioether (sulfide) groups is 1. The Morgan fingerprint density at radius 1 is 1.41 bits per heavy atom. The highest BCUT2D eigenvalue weighted by atomic mass is 32.2. The van der Waals surface area contributed by atoms with Crippen molar-refractivity contribution in [1.29, 1.82) is 0 Å². The molecule has 2 heterocycles. The molecule has 1 aliphatic heterocycles. The Kier molecular flexibility index (Phi) is 4.93. The molecule has 1 saturated heterocycles. The lowest BCUT2D eigenvalue weighted by Gasteiger charge is -2.20. The summed E-state index contributed by atoms with van der Waals surface area (Å²) in [5.41, 5.74) is 2.32. The molecule has 0 spiro atoms. The van der Waals surface area contributed by atoms with Crippen LogP contribution in [0, 0.1) is 0 Å². The lowest BCUT2D eigenvalue weighted by Crippen LogP contribution is -2.41. The van der Waals surface area contributed by atoms with E-state index in [-0.39, 0.29) is 6.03 Å². The molecule has 4 nitrogen and oxygen atoms in total. The zero-order chi connectivity index (χ0) is 15.4. The predicted octanol–water partition coefficient (Wildman–Crippen LogP) is 3.25. The molecular weight excluding hydrogens is 294 g/mol. The van der Waals surface area contributed by atoms with Crippen molar-refractivity contribution < 1.29 is 4.79 Å². The number of benzene rings is 1. The second kappa shape index (κ2) is 7.09. The minimum atomic E-state index is 0.0748. The van der Waals surface area contributed by atoms with E-state index in [4.69, 9.17) is 0 Å². The Morgan fingerprint density at radius 3 is 3.14 bits per heavy atom. The molecule has 2 N–H and O–H groups in total. The number of hydrogen-bond donors (Lipinski definition) is 2. The van der Waals surface area contributed by atoms with Crippen LogP contribution >= 0.6 is 11.8 Å². The van der Waals surface area contributed by atoms with Crippen LogP contribution in [-0.4, -0.2) is 46.6 Å². The molecule has 118 valence electrons. The van der Waals surface area contributed by atoms with Crippen molar-refractivity contribution in [2.75, 3.05) is 25.4 Å². The van der Waals surface area contributed by atoms with E-state index in [1.165, 1.54) is 11.1 Å². The molecule has 1 fully saturated rings. The van der Waals surface area contributed by atoms with Gasteiger partial charge in [0.1, 0.15) is 0 Å². The van der Waals surface area contributed by atoms with Gasteiger partial charge in [-0.3, -0.25) is 0 Å². The number of aromatic amines is 1. The maximum Gasteiger partial charge on any atom is 0.317 e. The highest BCUT2D eigenvalue weighted by molar-refractivity contribution is 7.99. The van der Waals surface area contributed by atoms with Crippen LogP contribution in [0.5, 0.6) is 0 Å². The maximum atomic E-state index is 12.2. The van der Waals surface area contributed by atoms with Gasteiger partial charge in [0.05, 0.1) is 0 Å². The van der Waals surface area contributed by atoms with Crippen molar-refractivity contribution in [3.05, 3.63) is 36.0 Å². The van der Waals surface area contributed by atoms with E-state index in [0.717, 1.165) is 37.2 Å². The second-order valence-electron chi connectivity index (χ2n) is 5.82. The van der Waals surface area contributed by atoms with Gasteiger partial charge in [0.2, 0.25) is 0 Å². The second-order valence-corrected chi connectivity index (χ2v) is 7.37. The summed E-state index contributed by atoms with van der Waals surface area (Å²) in [7, 11) is 0. The number of carbonyl (C=O) groups is 1. The maximum absolute atomic E-state index is 12.2. The number of nitrogens with zero attached hydrogens (tertiary/aromatic N) is 1. The van der Waals surface area contributed by atoms with Gasteiger partial charge in [-0.2, -0.15) is 11.8 Å². The van der Waals surface area contributed by atoms with Crippen molar-refractivity contribution in [2.45, 2.75) is 25.0 Å². The summed E-state index contributed by atoms with van der Waals surface area (Å²) in [6.07, 6.45) is 1.92. The number of urea groups is 1. The summed E-state index contributed by atoms with van der Waals surface area (Å²) in [5.74, 6) is 1.04. The summed E-state index contributed by atoms with van der Waals surface area (Å²) in [5, 5.41) is 4.93. The Morgan fingerprint density at radius 2 is 2.27 bits per heavy atom. The highest BCUT2D eigenvalue weighted by Gasteiger charge is 2.18. The number of para-hydroxylation sites is 1. The van der Waals surface area contributed by atoms with Gasteiger partial charge in [-0.15, -0.1) is 0 Å². The normalized spacial score (nSPS) is 19.1. The SMILES string of the molecule is C[C@@H]1CCN(C(=O)NCCc2cc3ccccc3[nH]2)CCS1. The molecule has 3 rings (SSSR count). The van der Waals surface area contributed by atoms with E-state index in [1.807, 2.05) is 28.8 Å². The molecule has 2 amide bonds. The molecule has 5 heteroatoms. The summed E-state index contributed by atoms with van der Waals surface area (Å²) in [6, 6.07) is 10.5. The molecule has 1 aromatic carbocycles. The van der Waals surface area contributed by atoms with Crippen LogP contribution in [0.15, 0.2) is 30.3 Å². The minimum Gasteiger partial charge on any atom is -0.358 e. The standard InChI is InChI=1S/C17H23N3OS/c1-13-7-9-20(10-11-22-13)17(21)18-8-6-15-12-14-4-2-3-5-16(14)19-15/h2-5,12-13,19H,6-11H2,1H3,(H,18,21)/t13-/m1/s1. The number of hydrogen-bond acceptors (Lipinski definition) is 2. The van der Waals surface area contributed by atoms with E-state index in [9.17, 15) is 4.79 Å². The monoisotopic (exact) mass is 317 g/mol. The van der Waals surface area contributed by atoms with Crippen LogP contribution in [0.1, 0.15) is 19.0 Å². The lowest BCUT2D eigenvalue weighted by atomic mass is 10.2. The summed E-state index contributed by atoms with van der Waals surface area (Å²) in [6.45, 7) is 4.63. The number of H-pyrrole nitrogens is 1. The van der Waals surface area contributed by atoms with E-state index in [0.29, 0.717) is 11.8 Å². The molecule has 0 bridgehead atoms. The van der Waals surface area contributed by atoms with Gasteiger partial charge < -0.3 is 15.2 Å². The molecule has 0 unspecified atom stereocenters. The third-order valence-electron chi connectivity index (χ3n) is 4.11. The Hall–Kier alpha value is -1.62. The van der Waals surface area contributed by atoms with Gasteiger partial charge >= 0.3 is 6.03 Å². The molecule has 0 radical (unpaired) electrons. The van der Waals surface area contributed by atoms with Gasteiger partial charge in [0.25, 0.3) is 0 Å². The van der Waals surface area contributed by atoms with Crippen LogP contribution in [0.2, 0.25) is 0 Å². The number of aromatic nitrogens is 1. The molecule has 1 aromatic heterocycles. The van der Waals surface area contributed by atoms with Crippen LogP contribution < -0.4 is 5.32 Å². The topological polar surface area (TPSA) is 48.1 Å². The van der Waals surface area contributed by atoms with E-state index in [1.54, 1.807) is 0 Å². The number of nitrogens with one attached hydrogen (secondary N) is 2. The van der Waals surface area contributed by atoms with E-state index < -0.39 is 0 Å². The smallest absolute Gasteiger partial charge is 0.317 e. The lowest BCUT2D eigenvalue weighted by molar-refractivity contribution is 0.201. The van der Waals surface area contributed by atoms with E-state index in [2.05, 4.69) is 35.4 Å². The molecule has 0 aliphatic carbocycles. The summed E-state index contributed by atoms with van der Waals surface area (Å²) in [4.78, 5) is 17.6. The van der Waals surface area contributed by atoms with Crippen LogP contribution in [-0.2, 0) is 6.42 Å². The minimum absolute atomic E-state index is 0.0748. The summed E-state index contributed by atoms with van der Waals surface area (Å²) < 4.78 is 0. The van der Waals surface area contributed by atoms with Gasteiger partial charge in [-0.25, -0.2) is 4.79 Å². The van der Waals surface area contributed by atoms with Crippen molar-refractivity contribution >= 4 is 28.7 Å². The average Bonchev–Trinajstić information content (AvgIpc) is 2.80. The first-order valence-corrected chi connectivity index (χ1v) is 8.98. The fourth-order valence-electron chi connectivity index (χ4n) is 2.78. The zero-order valence-electron chi connectivity index (χ0n) is 13.0. The number of amides is 2. The van der Waals surface area contributed by atoms with Crippen LogP contribution in [0.4, 0.5) is 4.79 Å². The Labute approximate surface area is 135 Å². The molecule has 1 atom stereocenters. The van der Waals surface area contributed by atoms with Crippen molar-refractivity contribution in [2.24, 2.45) is 0 Å². The van der Waals surface area contributed by atoms with Crippen molar-refractivity contribution in [1.82, 2.24) is 15.2 Å². The molecular formula is C17H23N3OS. The van der Waals surface area contributed by atoms with Gasteiger partial charge in [0, 0.05) is 48.3 Å². The quantitative estimate of drug-likeness (QED) is 0.913. The molecule has 22 heavy (non-hydrogen) atoms. The summed E-state index contributed by atoms with van der Waals surface area (Å²) >= 11 is 1.96. The third-order valence-corrected chi connectivity index (χ3v) is 5.34. The van der Waals surface area contributed by atoms with Crippen molar-refractivity contribution in [3.8, 4) is 0 Å². The molecule has 0 saturated carbocycles. The molecule has 2 aromatic rings. The first kappa shape index (κ1) is 15.3. The van der Waals surface area contributed by atoms with Crippen LogP contribution in [0.3, 0.4) is 0 Å². The average molecular weight is 317 g/mol. The highest BCUT2D eigenvalue weighted by Crippen LogP contribution is 2.18. The number of fused-ring (bicyclic) bond motifs is 1. The Balaban J connectivity index is 1.48. The molecule has 1 aliphatic rings. The Bertz CT molecular complexity index is 607. The fourth-order valence-corrected chi connectivity index (χ4v) is 3.78. The van der Waals surface area contributed by atoms with E-state index >= 15 is 0 Å². The third kappa shape index (κ3) is 3.77. The largest absolute Gasteiger partial charge is 0.358 e.